The molecule has 1 aromatic rings. The normalized spacial score (nSPS) is 15.7. The molecule has 0 bridgehead atoms. The van der Waals surface area contributed by atoms with E-state index in [1.807, 2.05) is 12.1 Å². The molecule has 0 aromatic heterocycles. The number of rotatable bonds is 8. The van der Waals surface area contributed by atoms with Crippen LogP contribution in [-0.2, 0) is 16.0 Å². The highest BCUT2D eigenvalue weighted by atomic mass is 35.5. The van der Waals surface area contributed by atoms with Crippen LogP contribution in [0.15, 0.2) is 24.3 Å². The second kappa shape index (κ2) is 7.40. The third-order valence-electron chi connectivity index (χ3n) is 4.10. The summed E-state index contributed by atoms with van der Waals surface area (Å²) >= 11 is 5.81. The average Bonchev–Trinajstić information content (AvgIpc) is 2.48. The standard InChI is InChI=1S/C16H23ClN2O4/c1-15(2,13(18)16(19,23)14(21)22)12(20)5-3-4-10-6-8-11(17)9-7-10/h6-9,13,23H,3-5,18-19H2,1-2H3,(H,21,22). The van der Waals surface area contributed by atoms with E-state index in [1.165, 1.54) is 13.8 Å². The van der Waals surface area contributed by atoms with Gasteiger partial charge in [0.15, 0.2) is 0 Å². The van der Waals surface area contributed by atoms with Gasteiger partial charge in [-0.15, -0.1) is 0 Å². The Hall–Kier alpha value is -1.47. The smallest absolute Gasteiger partial charge is 0.352 e. The van der Waals surface area contributed by atoms with E-state index in [0.29, 0.717) is 17.9 Å². The number of Topliss-reactive ketones (excluding diaryl/α,β-unsaturated/α-hetero) is 1. The fourth-order valence-corrected chi connectivity index (χ4v) is 2.41. The summed E-state index contributed by atoms with van der Waals surface area (Å²) in [6.07, 6.45) is 1.46. The highest BCUT2D eigenvalue weighted by molar-refractivity contribution is 6.30. The molecule has 6 N–H and O–H groups in total. The summed E-state index contributed by atoms with van der Waals surface area (Å²) < 4.78 is 0. The number of hydrogen-bond acceptors (Lipinski definition) is 5. The van der Waals surface area contributed by atoms with Crippen molar-refractivity contribution in [2.45, 2.75) is 44.9 Å². The molecule has 0 saturated heterocycles. The predicted molar refractivity (Wildman–Crippen MR) is 87.9 cm³/mol. The summed E-state index contributed by atoms with van der Waals surface area (Å²) in [6, 6.07) is 5.90. The Morgan fingerprint density at radius 1 is 1.26 bits per heavy atom. The van der Waals surface area contributed by atoms with Crippen LogP contribution in [0.3, 0.4) is 0 Å². The van der Waals surface area contributed by atoms with Gasteiger partial charge in [-0.25, -0.2) is 4.79 Å². The van der Waals surface area contributed by atoms with Crippen LogP contribution in [-0.4, -0.2) is 33.7 Å². The molecule has 2 unspecified atom stereocenters. The number of carbonyl (C=O) groups excluding carboxylic acids is 1. The summed E-state index contributed by atoms with van der Waals surface area (Å²) in [4.78, 5) is 23.3. The van der Waals surface area contributed by atoms with Crippen molar-refractivity contribution in [3.05, 3.63) is 34.9 Å². The molecule has 0 spiro atoms. The molecule has 0 saturated carbocycles. The first-order chi connectivity index (χ1) is 10.5. The highest BCUT2D eigenvalue weighted by Gasteiger charge is 2.49. The van der Waals surface area contributed by atoms with Gasteiger partial charge in [0.05, 0.1) is 6.04 Å². The van der Waals surface area contributed by atoms with Gasteiger partial charge in [0, 0.05) is 16.9 Å². The van der Waals surface area contributed by atoms with Crippen molar-refractivity contribution in [1.82, 2.24) is 0 Å². The lowest BCUT2D eigenvalue weighted by Gasteiger charge is -2.37. The van der Waals surface area contributed by atoms with Gasteiger partial charge in [-0.2, -0.15) is 0 Å². The van der Waals surface area contributed by atoms with Crippen LogP contribution in [0.5, 0.6) is 0 Å². The highest BCUT2D eigenvalue weighted by Crippen LogP contribution is 2.28. The summed E-state index contributed by atoms with van der Waals surface area (Å²) in [5.74, 6) is -1.91. The Bertz CT molecular complexity index is 570. The summed E-state index contributed by atoms with van der Waals surface area (Å²) in [7, 11) is 0. The van der Waals surface area contributed by atoms with Gasteiger partial charge < -0.3 is 15.9 Å². The van der Waals surface area contributed by atoms with Gasteiger partial charge >= 0.3 is 5.97 Å². The molecule has 2 atom stereocenters. The Balaban J connectivity index is 2.65. The molecular weight excluding hydrogens is 320 g/mol. The maximum atomic E-state index is 12.4. The van der Waals surface area contributed by atoms with Crippen LogP contribution >= 0.6 is 11.6 Å². The molecule has 0 fully saturated rings. The number of carboxylic acid groups (broad SMARTS) is 1. The lowest BCUT2D eigenvalue weighted by molar-refractivity contribution is -0.165. The summed E-state index contributed by atoms with van der Waals surface area (Å²) in [5, 5.41) is 19.3. The number of carboxylic acids is 1. The fourth-order valence-electron chi connectivity index (χ4n) is 2.28. The van der Waals surface area contributed by atoms with Gasteiger partial charge in [0.2, 0.25) is 5.72 Å². The molecule has 128 valence electrons. The number of nitrogens with two attached hydrogens (primary N) is 2. The van der Waals surface area contributed by atoms with E-state index < -0.39 is 23.2 Å². The molecule has 6 nitrogen and oxygen atoms in total. The Labute approximate surface area is 140 Å². The molecule has 0 aliphatic heterocycles. The number of halogens is 1. The zero-order valence-electron chi connectivity index (χ0n) is 13.3. The van der Waals surface area contributed by atoms with E-state index in [0.717, 1.165) is 5.56 Å². The number of carbonyl (C=O) groups is 2. The van der Waals surface area contributed by atoms with Crippen LogP contribution in [0.25, 0.3) is 0 Å². The Morgan fingerprint density at radius 3 is 2.26 bits per heavy atom. The maximum absolute atomic E-state index is 12.4. The Morgan fingerprint density at radius 2 is 1.78 bits per heavy atom. The van der Waals surface area contributed by atoms with Gasteiger partial charge in [0.1, 0.15) is 5.78 Å². The van der Waals surface area contributed by atoms with Gasteiger partial charge in [-0.1, -0.05) is 37.6 Å². The number of benzene rings is 1. The quantitative estimate of drug-likeness (QED) is 0.528. The van der Waals surface area contributed by atoms with Crippen molar-refractivity contribution in [2.24, 2.45) is 16.9 Å². The van der Waals surface area contributed by atoms with Crippen molar-refractivity contribution in [1.29, 1.82) is 0 Å². The second-order valence-electron chi connectivity index (χ2n) is 6.23. The molecule has 0 aliphatic carbocycles. The first kappa shape index (κ1) is 19.6. The predicted octanol–water partition coefficient (Wildman–Crippen LogP) is 1.32. The molecule has 7 heteroatoms. The largest absolute Gasteiger partial charge is 0.478 e. The molecule has 1 aromatic carbocycles. The van der Waals surface area contributed by atoms with Crippen LogP contribution < -0.4 is 11.5 Å². The minimum atomic E-state index is -2.66. The molecule has 0 heterocycles. The van der Waals surface area contributed by atoms with Gasteiger partial charge in [0.25, 0.3) is 0 Å². The van der Waals surface area contributed by atoms with E-state index in [1.54, 1.807) is 12.1 Å². The summed E-state index contributed by atoms with van der Waals surface area (Å²) in [6.45, 7) is 2.98. The first-order valence-corrected chi connectivity index (χ1v) is 7.65. The van der Waals surface area contributed by atoms with Crippen molar-refractivity contribution in [3.8, 4) is 0 Å². The van der Waals surface area contributed by atoms with Crippen LogP contribution in [0.2, 0.25) is 5.02 Å². The molecule has 0 amide bonds. The first-order valence-electron chi connectivity index (χ1n) is 7.27. The number of aliphatic hydroxyl groups is 1. The van der Waals surface area contributed by atoms with E-state index in [2.05, 4.69) is 0 Å². The molecule has 1 rings (SSSR count). The van der Waals surface area contributed by atoms with Crippen molar-refractivity contribution < 1.29 is 19.8 Å². The minimum Gasteiger partial charge on any atom is -0.478 e. The number of aliphatic carboxylic acids is 1. The maximum Gasteiger partial charge on any atom is 0.352 e. The number of ketones is 1. The molecule has 0 radical (unpaired) electrons. The summed E-state index contributed by atoms with van der Waals surface area (Å²) in [5.41, 5.74) is 8.19. The van der Waals surface area contributed by atoms with Crippen molar-refractivity contribution >= 4 is 23.4 Å². The molecule has 23 heavy (non-hydrogen) atoms. The Kier molecular flexibility index (Phi) is 6.30. The lowest BCUT2D eigenvalue weighted by Crippen LogP contribution is -2.67. The SMILES string of the molecule is CC(C)(C(=O)CCCc1ccc(Cl)cc1)C(N)C(N)(O)C(=O)O. The van der Waals surface area contributed by atoms with E-state index in [4.69, 9.17) is 28.2 Å². The van der Waals surface area contributed by atoms with E-state index in [-0.39, 0.29) is 12.2 Å². The topological polar surface area (TPSA) is 127 Å². The van der Waals surface area contributed by atoms with Crippen molar-refractivity contribution in [2.75, 3.05) is 0 Å². The van der Waals surface area contributed by atoms with Gasteiger partial charge in [-0.3, -0.25) is 10.5 Å². The van der Waals surface area contributed by atoms with Gasteiger partial charge in [-0.05, 0) is 30.5 Å². The van der Waals surface area contributed by atoms with Crippen LogP contribution in [0, 0.1) is 5.41 Å². The van der Waals surface area contributed by atoms with Crippen molar-refractivity contribution in [3.63, 3.8) is 0 Å². The number of hydrogen-bond donors (Lipinski definition) is 4. The van der Waals surface area contributed by atoms with E-state index >= 15 is 0 Å². The van der Waals surface area contributed by atoms with Crippen LogP contribution in [0.1, 0.15) is 32.3 Å². The second-order valence-corrected chi connectivity index (χ2v) is 6.67. The fraction of sp³-hybridized carbons (Fsp3) is 0.500. The third-order valence-corrected chi connectivity index (χ3v) is 4.35. The zero-order valence-corrected chi connectivity index (χ0v) is 14.0. The molecule has 0 aliphatic rings. The zero-order chi connectivity index (χ0) is 17.8. The lowest BCUT2D eigenvalue weighted by atomic mass is 9.74. The number of aryl methyl sites for hydroxylation is 1. The van der Waals surface area contributed by atoms with E-state index in [9.17, 15) is 14.7 Å². The third kappa shape index (κ3) is 4.75. The van der Waals surface area contributed by atoms with Crippen LogP contribution in [0.4, 0.5) is 0 Å². The average molecular weight is 343 g/mol. The minimum absolute atomic E-state index is 0.207. The molecular formula is C16H23ClN2O4. The monoisotopic (exact) mass is 342 g/mol.